The minimum Gasteiger partial charge on any atom is -0.483 e. The maximum atomic E-state index is 10.3. The zero-order valence-electron chi connectivity index (χ0n) is 13.1. The summed E-state index contributed by atoms with van der Waals surface area (Å²) in [6.45, 7) is 2.13. The van der Waals surface area contributed by atoms with Gasteiger partial charge in [-0.25, -0.2) is 0 Å². The summed E-state index contributed by atoms with van der Waals surface area (Å²) < 4.78 is 5.47. The number of unbranched alkanes of at least 4 members (excludes halogenated alkanes) is 5. The zero-order valence-corrected chi connectivity index (χ0v) is 13.1. The molecule has 0 aliphatic carbocycles. The van der Waals surface area contributed by atoms with Crippen LogP contribution in [0.5, 0.6) is 0 Å². The van der Waals surface area contributed by atoms with Crippen molar-refractivity contribution in [2.24, 2.45) is 0 Å². The van der Waals surface area contributed by atoms with Crippen LogP contribution in [0, 0.1) is 0 Å². The lowest BCUT2D eigenvalue weighted by Crippen LogP contribution is -1.93. The van der Waals surface area contributed by atoms with Crippen molar-refractivity contribution < 1.29 is 14.6 Å². The summed E-state index contributed by atoms with van der Waals surface area (Å²) in [5.41, 5.74) is 0. The van der Waals surface area contributed by atoms with E-state index in [9.17, 15) is 4.79 Å². The predicted molar refractivity (Wildman–Crippen MR) is 86.1 cm³/mol. The Morgan fingerprint density at radius 1 is 1.14 bits per heavy atom. The maximum absolute atomic E-state index is 10.3. The summed E-state index contributed by atoms with van der Waals surface area (Å²) in [7, 11) is 0. The van der Waals surface area contributed by atoms with Gasteiger partial charge in [-0.15, -0.1) is 0 Å². The number of carboxylic acids is 1. The number of hydrogen-bond acceptors (Lipinski definition) is 2. The van der Waals surface area contributed by atoms with E-state index in [2.05, 4.69) is 37.3 Å². The molecule has 21 heavy (non-hydrogen) atoms. The summed E-state index contributed by atoms with van der Waals surface area (Å²) in [4.78, 5) is 10.3. The van der Waals surface area contributed by atoms with E-state index < -0.39 is 5.97 Å². The number of epoxide rings is 1. The number of aliphatic carboxylic acids is 1. The summed E-state index contributed by atoms with van der Waals surface area (Å²) in [5, 5.41) is 8.51. The van der Waals surface area contributed by atoms with Gasteiger partial charge in [-0.3, -0.25) is 4.79 Å². The Labute approximate surface area is 128 Å². The molecular formula is C18H28O3. The highest BCUT2D eigenvalue weighted by Crippen LogP contribution is 2.30. The van der Waals surface area contributed by atoms with Gasteiger partial charge in [0.1, 0.15) is 5.76 Å². The van der Waals surface area contributed by atoms with Gasteiger partial charge in [0.2, 0.25) is 0 Å². The van der Waals surface area contributed by atoms with Crippen molar-refractivity contribution in [1.29, 1.82) is 0 Å². The normalized spacial score (nSPS) is 19.5. The standard InChI is InChI=1S/C18H28O3/c1-2-3-10-13-16-17(21-16)14-11-8-6-4-5-7-9-12-15-18(19)20/h3,8,10-11,14,16H,2,4-7,9,12-13,15H2,1H3,(H,19,20)/b10-3-,11-8-,17-14+/t16-/m0/s1. The molecule has 0 bridgehead atoms. The molecule has 1 fully saturated rings. The first-order valence-electron chi connectivity index (χ1n) is 8.14. The van der Waals surface area contributed by atoms with Crippen LogP contribution in [0.25, 0.3) is 0 Å². The number of allylic oxidation sites excluding steroid dienone is 4. The number of hydrogen-bond donors (Lipinski definition) is 1. The van der Waals surface area contributed by atoms with Gasteiger partial charge in [0.05, 0.1) is 0 Å². The van der Waals surface area contributed by atoms with Crippen molar-refractivity contribution >= 4 is 5.97 Å². The van der Waals surface area contributed by atoms with Crippen LogP contribution in [0.3, 0.4) is 0 Å². The Bertz CT molecular complexity index is 380. The van der Waals surface area contributed by atoms with E-state index in [-0.39, 0.29) is 0 Å². The summed E-state index contributed by atoms with van der Waals surface area (Å²) in [6.07, 6.45) is 19.8. The van der Waals surface area contributed by atoms with Crippen molar-refractivity contribution in [2.75, 3.05) is 0 Å². The smallest absolute Gasteiger partial charge is 0.303 e. The third-order valence-electron chi connectivity index (χ3n) is 3.45. The lowest BCUT2D eigenvalue weighted by Gasteiger charge is -1.97. The van der Waals surface area contributed by atoms with Crippen LogP contribution in [0.15, 0.2) is 36.1 Å². The van der Waals surface area contributed by atoms with E-state index in [1.807, 2.05) is 0 Å². The summed E-state index contributed by atoms with van der Waals surface area (Å²) in [6, 6.07) is 0. The average Bonchev–Trinajstić information content (AvgIpc) is 3.19. The maximum Gasteiger partial charge on any atom is 0.303 e. The van der Waals surface area contributed by atoms with E-state index in [0.717, 1.165) is 44.3 Å². The molecule has 1 aliphatic heterocycles. The fourth-order valence-electron chi connectivity index (χ4n) is 2.16. The molecule has 0 unspecified atom stereocenters. The second kappa shape index (κ2) is 11.2. The fraction of sp³-hybridized carbons (Fsp3) is 0.611. The molecule has 0 spiro atoms. The number of rotatable bonds is 12. The molecule has 1 rings (SSSR count). The quantitative estimate of drug-likeness (QED) is 0.313. The molecule has 0 saturated carbocycles. The zero-order chi connectivity index (χ0) is 15.3. The second-order valence-corrected chi connectivity index (χ2v) is 5.42. The largest absolute Gasteiger partial charge is 0.483 e. The number of carbonyl (C=O) groups is 1. The van der Waals surface area contributed by atoms with Crippen LogP contribution in [0.4, 0.5) is 0 Å². The first-order valence-corrected chi connectivity index (χ1v) is 8.14. The Balaban J connectivity index is 1.92. The van der Waals surface area contributed by atoms with Crippen LogP contribution in [-0.2, 0) is 9.53 Å². The predicted octanol–water partition coefficient (Wildman–Crippen LogP) is 5.00. The molecule has 1 heterocycles. The van der Waals surface area contributed by atoms with Gasteiger partial charge in [-0.05, 0) is 31.8 Å². The molecule has 118 valence electrons. The molecule has 3 heteroatoms. The lowest BCUT2D eigenvalue weighted by atomic mass is 10.1. The van der Waals surface area contributed by atoms with Gasteiger partial charge >= 0.3 is 5.97 Å². The highest BCUT2D eigenvalue weighted by atomic mass is 16.6. The topological polar surface area (TPSA) is 49.8 Å². The molecular weight excluding hydrogens is 264 g/mol. The van der Waals surface area contributed by atoms with Crippen LogP contribution in [0.1, 0.15) is 64.7 Å². The van der Waals surface area contributed by atoms with E-state index >= 15 is 0 Å². The summed E-state index contributed by atoms with van der Waals surface area (Å²) >= 11 is 0. The molecule has 0 aromatic carbocycles. The minimum absolute atomic E-state index is 0.308. The third-order valence-corrected chi connectivity index (χ3v) is 3.45. The molecule has 0 radical (unpaired) electrons. The molecule has 0 amide bonds. The highest BCUT2D eigenvalue weighted by molar-refractivity contribution is 5.66. The Morgan fingerprint density at radius 2 is 1.90 bits per heavy atom. The molecule has 1 atom stereocenters. The molecule has 1 saturated heterocycles. The third kappa shape index (κ3) is 9.94. The molecule has 1 N–H and O–H groups in total. The van der Waals surface area contributed by atoms with Gasteiger partial charge in [0.25, 0.3) is 0 Å². The first kappa shape index (κ1) is 17.5. The Hall–Kier alpha value is -1.51. The first-order chi connectivity index (χ1) is 10.2. The Morgan fingerprint density at radius 3 is 2.67 bits per heavy atom. The van der Waals surface area contributed by atoms with Crippen LogP contribution in [0.2, 0.25) is 0 Å². The Kier molecular flexibility index (Phi) is 9.34. The highest BCUT2D eigenvalue weighted by Gasteiger charge is 2.29. The van der Waals surface area contributed by atoms with Crippen molar-refractivity contribution in [2.45, 2.75) is 70.8 Å². The molecule has 0 aromatic rings. The lowest BCUT2D eigenvalue weighted by molar-refractivity contribution is -0.137. The monoisotopic (exact) mass is 292 g/mol. The second-order valence-electron chi connectivity index (χ2n) is 5.42. The van der Waals surface area contributed by atoms with Gasteiger partial charge in [-0.2, -0.15) is 0 Å². The number of ether oxygens (including phenoxy) is 1. The van der Waals surface area contributed by atoms with Crippen molar-refractivity contribution in [1.82, 2.24) is 0 Å². The van der Waals surface area contributed by atoms with Gasteiger partial charge < -0.3 is 9.84 Å². The minimum atomic E-state index is -0.684. The molecule has 0 aromatic heterocycles. The van der Waals surface area contributed by atoms with Gasteiger partial charge in [0, 0.05) is 12.8 Å². The van der Waals surface area contributed by atoms with Crippen molar-refractivity contribution in [3.05, 3.63) is 36.1 Å². The van der Waals surface area contributed by atoms with Crippen LogP contribution in [-0.4, -0.2) is 17.2 Å². The molecule has 1 aliphatic rings. The summed E-state index contributed by atoms with van der Waals surface area (Å²) in [5.74, 6) is 0.414. The number of carboxylic acid groups (broad SMARTS) is 1. The van der Waals surface area contributed by atoms with Crippen LogP contribution < -0.4 is 0 Å². The van der Waals surface area contributed by atoms with E-state index in [1.54, 1.807) is 0 Å². The van der Waals surface area contributed by atoms with Crippen LogP contribution >= 0.6 is 0 Å². The van der Waals surface area contributed by atoms with Crippen molar-refractivity contribution in [3.63, 3.8) is 0 Å². The van der Waals surface area contributed by atoms with Crippen molar-refractivity contribution in [3.8, 4) is 0 Å². The average molecular weight is 292 g/mol. The van der Waals surface area contributed by atoms with Gasteiger partial charge in [-0.1, -0.05) is 50.5 Å². The SMILES string of the molecule is CC/C=C\C[C@@H]1O/C1=C/C=C\CCCCCCCC(=O)O. The molecule has 3 nitrogen and oxygen atoms in total. The van der Waals surface area contributed by atoms with Gasteiger partial charge in [0.15, 0.2) is 6.10 Å². The van der Waals surface area contributed by atoms with E-state index in [4.69, 9.17) is 9.84 Å². The van der Waals surface area contributed by atoms with E-state index in [0.29, 0.717) is 12.5 Å². The fourth-order valence-corrected chi connectivity index (χ4v) is 2.16. The van der Waals surface area contributed by atoms with E-state index in [1.165, 1.54) is 12.8 Å².